The first-order chi connectivity index (χ1) is 13.0. The molecule has 1 amide bonds. The number of carbonyl (C=O) groups is 1. The van der Waals surface area contributed by atoms with Crippen LogP contribution in [0, 0.1) is 13.8 Å². The number of H-pyrrole nitrogens is 1. The molecule has 0 saturated heterocycles. The molecule has 2 aromatic heterocycles. The van der Waals surface area contributed by atoms with Gasteiger partial charge in [0.25, 0.3) is 5.91 Å². The summed E-state index contributed by atoms with van der Waals surface area (Å²) >= 11 is 1.48. The fourth-order valence-electron chi connectivity index (χ4n) is 3.09. The van der Waals surface area contributed by atoms with Crippen LogP contribution in [0.2, 0.25) is 0 Å². The largest absolute Gasteiger partial charge is 0.341 e. The van der Waals surface area contributed by atoms with Gasteiger partial charge in [0, 0.05) is 24.8 Å². The van der Waals surface area contributed by atoms with Crippen molar-refractivity contribution in [1.82, 2.24) is 20.1 Å². The van der Waals surface area contributed by atoms with Crippen LogP contribution in [0.25, 0.3) is 11.3 Å². The first-order valence-electron chi connectivity index (χ1n) is 9.34. The Kier molecular flexibility index (Phi) is 6.40. The molecule has 0 radical (unpaired) electrons. The Bertz CT molecular complexity index is 885. The van der Waals surface area contributed by atoms with Crippen molar-refractivity contribution in [3.05, 3.63) is 57.7 Å². The zero-order valence-corrected chi connectivity index (χ0v) is 17.0. The second-order valence-electron chi connectivity index (χ2n) is 6.83. The highest BCUT2D eigenvalue weighted by molar-refractivity contribution is 7.13. The molecule has 1 aromatic carbocycles. The van der Waals surface area contributed by atoms with Crippen LogP contribution in [0.5, 0.6) is 0 Å². The predicted octanol–water partition coefficient (Wildman–Crippen LogP) is 4.64. The number of aryl methyl sites for hydroxylation is 3. The van der Waals surface area contributed by atoms with E-state index in [0.717, 1.165) is 64.8 Å². The summed E-state index contributed by atoms with van der Waals surface area (Å²) in [5.74, 6) is 0.0826. The third-order valence-electron chi connectivity index (χ3n) is 4.58. The highest BCUT2D eigenvalue weighted by Crippen LogP contribution is 2.20. The standard InChI is InChI=1S/C21H26N4OS/c1-15-20(27-16(2)22-15)21(26)25(3)13-9-5-8-12-18-14-19(24-23-18)17-10-6-4-7-11-17/h4,6-7,10-11,14H,5,8-9,12-13H2,1-3H3,(H,23,24). The van der Waals surface area contributed by atoms with Gasteiger partial charge in [0.15, 0.2) is 0 Å². The summed E-state index contributed by atoms with van der Waals surface area (Å²) in [6.45, 7) is 4.61. The fraction of sp³-hybridized carbons (Fsp3) is 0.381. The third kappa shape index (κ3) is 5.04. The van der Waals surface area contributed by atoms with Crippen LogP contribution in [0.15, 0.2) is 36.4 Å². The van der Waals surface area contributed by atoms with E-state index < -0.39 is 0 Å². The maximum absolute atomic E-state index is 12.5. The number of hydrogen-bond donors (Lipinski definition) is 1. The molecule has 3 aromatic rings. The van der Waals surface area contributed by atoms with E-state index in [2.05, 4.69) is 33.4 Å². The zero-order valence-electron chi connectivity index (χ0n) is 16.2. The van der Waals surface area contributed by atoms with Crippen LogP contribution in [-0.2, 0) is 6.42 Å². The molecule has 27 heavy (non-hydrogen) atoms. The molecule has 0 atom stereocenters. The van der Waals surface area contributed by atoms with E-state index in [1.807, 2.05) is 44.0 Å². The molecule has 0 unspecified atom stereocenters. The summed E-state index contributed by atoms with van der Waals surface area (Å²) in [7, 11) is 1.87. The van der Waals surface area contributed by atoms with Crippen molar-refractivity contribution < 1.29 is 4.79 Å². The number of unbranched alkanes of at least 4 members (excludes halogenated alkanes) is 2. The van der Waals surface area contributed by atoms with Gasteiger partial charge in [-0.3, -0.25) is 9.89 Å². The van der Waals surface area contributed by atoms with E-state index in [1.54, 1.807) is 0 Å². The zero-order chi connectivity index (χ0) is 19.2. The number of carbonyl (C=O) groups excluding carboxylic acids is 1. The lowest BCUT2D eigenvalue weighted by molar-refractivity contribution is 0.0796. The van der Waals surface area contributed by atoms with E-state index in [4.69, 9.17) is 0 Å². The van der Waals surface area contributed by atoms with Gasteiger partial charge in [-0.05, 0) is 39.2 Å². The van der Waals surface area contributed by atoms with Crippen molar-refractivity contribution in [1.29, 1.82) is 0 Å². The average Bonchev–Trinajstić information content (AvgIpc) is 3.27. The van der Waals surface area contributed by atoms with Crippen molar-refractivity contribution in [2.45, 2.75) is 39.5 Å². The molecule has 5 nitrogen and oxygen atoms in total. The monoisotopic (exact) mass is 382 g/mol. The molecule has 142 valence electrons. The first kappa shape index (κ1) is 19.3. The maximum atomic E-state index is 12.5. The molecule has 3 rings (SSSR count). The fourth-order valence-corrected chi connectivity index (χ4v) is 4.01. The number of benzene rings is 1. The molecule has 2 heterocycles. The minimum atomic E-state index is 0.0826. The van der Waals surface area contributed by atoms with Gasteiger partial charge in [-0.2, -0.15) is 5.10 Å². The minimum Gasteiger partial charge on any atom is -0.341 e. The molecule has 0 aliphatic carbocycles. The van der Waals surface area contributed by atoms with Gasteiger partial charge in [-0.25, -0.2) is 4.98 Å². The number of hydrogen-bond acceptors (Lipinski definition) is 4. The second kappa shape index (κ2) is 8.95. The smallest absolute Gasteiger partial charge is 0.265 e. The van der Waals surface area contributed by atoms with E-state index in [-0.39, 0.29) is 5.91 Å². The predicted molar refractivity (Wildman–Crippen MR) is 110 cm³/mol. The Morgan fingerprint density at radius 2 is 1.93 bits per heavy atom. The van der Waals surface area contributed by atoms with Crippen LogP contribution < -0.4 is 0 Å². The van der Waals surface area contributed by atoms with Gasteiger partial charge in [0.1, 0.15) is 4.88 Å². The Balaban J connectivity index is 1.40. The van der Waals surface area contributed by atoms with Crippen molar-refractivity contribution in [3.8, 4) is 11.3 Å². The Morgan fingerprint density at radius 3 is 2.63 bits per heavy atom. The number of nitrogens with one attached hydrogen (secondary N) is 1. The molecular weight excluding hydrogens is 356 g/mol. The molecule has 0 fully saturated rings. The molecule has 0 spiro atoms. The van der Waals surface area contributed by atoms with Crippen molar-refractivity contribution in [3.63, 3.8) is 0 Å². The van der Waals surface area contributed by atoms with Gasteiger partial charge < -0.3 is 4.90 Å². The number of thiazole rings is 1. The lowest BCUT2D eigenvalue weighted by atomic mass is 10.1. The molecule has 0 bridgehead atoms. The van der Waals surface area contributed by atoms with Gasteiger partial charge in [-0.15, -0.1) is 11.3 Å². The highest BCUT2D eigenvalue weighted by Gasteiger charge is 2.17. The lowest BCUT2D eigenvalue weighted by Gasteiger charge is -2.16. The highest BCUT2D eigenvalue weighted by atomic mass is 32.1. The van der Waals surface area contributed by atoms with E-state index >= 15 is 0 Å². The van der Waals surface area contributed by atoms with E-state index in [9.17, 15) is 4.79 Å². The summed E-state index contributed by atoms with van der Waals surface area (Å²) in [5.41, 5.74) is 4.12. The van der Waals surface area contributed by atoms with Gasteiger partial charge in [0.05, 0.1) is 16.4 Å². The summed E-state index contributed by atoms with van der Waals surface area (Å²) in [5, 5.41) is 8.47. The quantitative estimate of drug-likeness (QED) is 0.578. The molecule has 6 heteroatoms. The SMILES string of the molecule is Cc1nc(C)c(C(=O)N(C)CCCCCc2cc(-c3ccccc3)n[nH]2)s1. The Morgan fingerprint density at radius 1 is 1.15 bits per heavy atom. The molecule has 0 aliphatic rings. The molecule has 1 N–H and O–H groups in total. The van der Waals surface area contributed by atoms with Crippen LogP contribution in [-0.4, -0.2) is 39.6 Å². The number of rotatable bonds is 8. The van der Waals surface area contributed by atoms with Crippen LogP contribution in [0.1, 0.15) is 45.3 Å². The molecule has 0 aliphatic heterocycles. The van der Waals surface area contributed by atoms with Gasteiger partial charge in [-0.1, -0.05) is 36.8 Å². The van der Waals surface area contributed by atoms with E-state index in [1.165, 1.54) is 11.3 Å². The second-order valence-corrected chi connectivity index (χ2v) is 8.03. The van der Waals surface area contributed by atoms with Gasteiger partial charge >= 0.3 is 0 Å². The number of aromatic amines is 1. The first-order valence-corrected chi connectivity index (χ1v) is 10.2. The average molecular weight is 383 g/mol. The Labute approximate surface area is 164 Å². The van der Waals surface area contributed by atoms with Crippen LogP contribution >= 0.6 is 11.3 Å². The normalized spacial score (nSPS) is 10.9. The summed E-state index contributed by atoms with van der Waals surface area (Å²) in [6.07, 6.45) is 4.14. The van der Waals surface area contributed by atoms with Crippen LogP contribution in [0.3, 0.4) is 0 Å². The number of nitrogens with zero attached hydrogens (tertiary/aromatic N) is 3. The van der Waals surface area contributed by atoms with Crippen molar-refractivity contribution in [2.24, 2.45) is 0 Å². The summed E-state index contributed by atoms with van der Waals surface area (Å²) in [6, 6.07) is 12.3. The van der Waals surface area contributed by atoms with Crippen molar-refractivity contribution in [2.75, 3.05) is 13.6 Å². The third-order valence-corrected chi connectivity index (χ3v) is 5.65. The summed E-state index contributed by atoms with van der Waals surface area (Å²) < 4.78 is 0. The summed E-state index contributed by atoms with van der Waals surface area (Å²) in [4.78, 5) is 19.4. The lowest BCUT2D eigenvalue weighted by Crippen LogP contribution is -2.27. The van der Waals surface area contributed by atoms with Gasteiger partial charge in [0.2, 0.25) is 0 Å². The number of amides is 1. The minimum absolute atomic E-state index is 0.0826. The van der Waals surface area contributed by atoms with Crippen LogP contribution in [0.4, 0.5) is 0 Å². The topological polar surface area (TPSA) is 61.9 Å². The number of aromatic nitrogens is 3. The molecule has 0 saturated carbocycles. The maximum Gasteiger partial charge on any atom is 0.265 e. The molecular formula is C21H26N4OS. The Hall–Kier alpha value is -2.47. The van der Waals surface area contributed by atoms with E-state index in [0.29, 0.717) is 0 Å². The van der Waals surface area contributed by atoms with Crippen molar-refractivity contribution >= 4 is 17.2 Å².